The van der Waals surface area contributed by atoms with Crippen LogP contribution < -0.4 is 0 Å². The first-order valence-corrected chi connectivity index (χ1v) is 11.6. The number of carbonyl (C=O) groups is 1. The van der Waals surface area contributed by atoms with Crippen molar-refractivity contribution in [3.8, 4) is 0 Å². The fourth-order valence-electron chi connectivity index (χ4n) is 4.46. The van der Waals surface area contributed by atoms with E-state index in [0.717, 1.165) is 41.8 Å². The Balaban J connectivity index is 1.29. The maximum Gasteiger partial charge on any atom is 0.256 e. The van der Waals surface area contributed by atoms with E-state index in [-0.39, 0.29) is 17.8 Å². The number of amides is 1. The van der Waals surface area contributed by atoms with Gasteiger partial charge in [0.2, 0.25) is 5.89 Å². The van der Waals surface area contributed by atoms with E-state index >= 15 is 0 Å². The molecule has 6 heteroatoms. The molecule has 1 fully saturated rings. The summed E-state index contributed by atoms with van der Waals surface area (Å²) in [6, 6.07) is 20.0. The van der Waals surface area contributed by atoms with Crippen LogP contribution >= 0.6 is 0 Å². The standard InChI is InChI=1S/C28H26FN3O2/c29-23-10-6-9-21(15-23)16-24-13-12-22(18-30-24)28(33)32-14-5-4-11-26(32)27-31-19-25(34-27)17-20-7-2-1-3-8-20/h1-3,6-10,12-13,15,18-19,26H,4-5,11,14,16-17H2/t26-/m1/s1. The van der Waals surface area contributed by atoms with Gasteiger partial charge >= 0.3 is 0 Å². The quantitative estimate of drug-likeness (QED) is 0.371. The highest BCUT2D eigenvalue weighted by molar-refractivity contribution is 5.94. The zero-order valence-corrected chi connectivity index (χ0v) is 18.9. The molecular formula is C28H26FN3O2. The molecule has 0 spiro atoms. The Morgan fingerprint density at radius 1 is 0.941 bits per heavy atom. The second kappa shape index (κ2) is 10.00. The zero-order valence-electron chi connectivity index (χ0n) is 18.9. The maximum atomic E-state index is 13.4. The Hall–Kier alpha value is -3.80. The summed E-state index contributed by atoms with van der Waals surface area (Å²) in [5.41, 5.74) is 3.32. The van der Waals surface area contributed by atoms with Crippen LogP contribution in [0, 0.1) is 5.82 Å². The van der Waals surface area contributed by atoms with Gasteiger partial charge in [-0.3, -0.25) is 9.78 Å². The summed E-state index contributed by atoms with van der Waals surface area (Å²) in [5.74, 6) is 1.05. The molecule has 0 saturated carbocycles. The number of carbonyl (C=O) groups excluding carboxylic acids is 1. The highest BCUT2D eigenvalue weighted by atomic mass is 19.1. The van der Waals surface area contributed by atoms with E-state index in [1.54, 1.807) is 24.5 Å². The Morgan fingerprint density at radius 3 is 2.59 bits per heavy atom. The van der Waals surface area contributed by atoms with Crippen molar-refractivity contribution in [2.24, 2.45) is 0 Å². The summed E-state index contributed by atoms with van der Waals surface area (Å²) in [6.45, 7) is 0.658. The molecule has 0 bridgehead atoms. The van der Waals surface area contributed by atoms with E-state index in [1.165, 1.54) is 12.1 Å². The highest BCUT2D eigenvalue weighted by Gasteiger charge is 2.32. The summed E-state index contributed by atoms with van der Waals surface area (Å²) in [5, 5.41) is 0. The van der Waals surface area contributed by atoms with Crippen LogP contribution in [0.5, 0.6) is 0 Å². The number of benzene rings is 2. The minimum atomic E-state index is -0.265. The van der Waals surface area contributed by atoms with Gasteiger partial charge in [0.1, 0.15) is 17.6 Å². The molecule has 34 heavy (non-hydrogen) atoms. The fourth-order valence-corrected chi connectivity index (χ4v) is 4.46. The molecule has 4 aromatic rings. The van der Waals surface area contributed by atoms with Crippen molar-refractivity contribution in [2.75, 3.05) is 6.54 Å². The van der Waals surface area contributed by atoms with Gasteiger partial charge in [-0.05, 0) is 54.7 Å². The Labute approximate surface area is 198 Å². The van der Waals surface area contributed by atoms with E-state index in [4.69, 9.17) is 4.42 Å². The molecule has 5 rings (SSSR count). The monoisotopic (exact) mass is 455 g/mol. The van der Waals surface area contributed by atoms with Gasteiger partial charge in [-0.2, -0.15) is 0 Å². The lowest BCUT2D eigenvalue weighted by molar-refractivity contribution is 0.0569. The number of hydrogen-bond donors (Lipinski definition) is 0. The van der Waals surface area contributed by atoms with Crippen molar-refractivity contribution in [3.05, 3.63) is 119 Å². The van der Waals surface area contributed by atoms with Crippen molar-refractivity contribution in [1.29, 1.82) is 0 Å². The molecule has 1 atom stereocenters. The average Bonchev–Trinajstić information content (AvgIpc) is 3.33. The van der Waals surface area contributed by atoms with Crippen molar-refractivity contribution in [2.45, 2.75) is 38.1 Å². The van der Waals surface area contributed by atoms with Crippen molar-refractivity contribution in [3.63, 3.8) is 0 Å². The molecule has 1 aliphatic rings. The van der Waals surface area contributed by atoms with Crippen LogP contribution in [0.15, 0.2) is 83.5 Å². The van der Waals surface area contributed by atoms with Crippen LogP contribution in [0.25, 0.3) is 0 Å². The minimum absolute atomic E-state index is 0.0719. The Morgan fingerprint density at radius 2 is 1.79 bits per heavy atom. The minimum Gasteiger partial charge on any atom is -0.443 e. The predicted molar refractivity (Wildman–Crippen MR) is 127 cm³/mol. The largest absolute Gasteiger partial charge is 0.443 e. The van der Waals surface area contributed by atoms with Gasteiger partial charge in [-0.25, -0.2) is 9.37 Å². The van der Waals surface area contributed by atoms with Gasteiger partial charge in [0.25, 0.3) is 5.91 Å². The number of pyridine rings is 1. The molecule has 172 valence electrons. The highest BCUT2D eigenvalue weighted by Crippen LogP contribution is 2.32. The number of likely N-dealkylation sites (tertiary alicyclic amines) is 1. The molecular weight excluding hydrogens is 429 g/mol. The lowest BCUT2D eigenvalue weighted by Gasteiger charge is -2.33. The first kappa shape index (κ1) is 22.0. The van der Waals surface area contributed by atoms with E-state index in [0.29, 0.717) is 30.8 Å². The molecule has 1 saturated heterocycles. The average molecular weight is 456 g/mol. The fraction of sp³-hybridized carbons (Fsp3) is 0.250. The molecule has 1 aliphatic heterocycles. The van der Waals surface area contributed by atoms with Crippen LogP contribution in [0.4, 0.5) is 4.39 Å². The Kier molecular flexibility index (Phi) is 6.47. The maximum absolute atomic E-state index is 13.4. The summed E-state index contributed by atoms with van der Waals surface area (Å²) >= 11 is 0. The smallest absolute Gasteiger partial charge is 0.256 e. The molecule has 3 heterocycles. The number of aromatic nitrogens is 2. The van der Waals surface area contributed by atoms with Crippen LogP contribution in [0.1, 0.15) is 64.1 Å². The SMILES string of the molecule is O=C(c1ccc(Cc2cccc(F)c2)nc1)N1CCCC[C@@H]1c1ncc(Cc2ccccc2)o1. The van der Waals surface area contributed by atoms with Crippen LogP contribution in [-0.2, 0) is 12.8 Å². The van der Waals surface area contributed by atoms with E-state index in [1.807, 2.05) is 35.2 Å². The first-order valence-electron chi connectivity index (χ1n) is 11.6. The lowest BCUT2D eigenvalue weighted by atomic mass is 10.0. The molecule has 2 aromatic carbocycles. The number of oxazole rings is 1. The van der Waals surface area contributed by atoms with Gasteiger partial charge < -0.3 is 9.32 Å². The second-order valence-electron chi connectivity index (χ2n) is 8.68. The summed E-state index contributed by atoms with van der Waals surface area (Å²) in [7, 11) is 0. The topological polar surface area (TPSA) is 59.2 Å². The number of rotatable bonds is 6. The van der Waals surface area contributed by atoms with Crippen molar-refractivity contribution in [1.82, 2.24) is 14.9 Å². The first-order chi connectivity index (χ1) is 16.7. The third kappa shape index (κ3) is 5.06. The number of hydrogen-bond acceptors (Lipinski definition) is 4. The van der Waals surface area contributed by atoms with Gasteiger partial charge in [-0.15, -0.1) is 0 Å². The number of piperidine rings is 1. The third-order valence-electron chi connectivity index (χ3n) is 6.19. The van der Waals surface area contributed by atoms with Gasteiger partial charge in [-0.1, -0.05) is 42.5 Å². The van der Waals surface area contributed by atoms with E-state index < -0.39 is 0 Å². The molecule has 0 radical (unpaired) electrons. The van der Waals surface area contributed by atoms with Gasteiger partial charge in [0.05, 0.1) is 11.8 Å². The van der Waals surface area contributed by atoms with Crippen LogP contribution in [0.3, 0.4) is 0 Å². The third-order valence-corrected chi connectivity index (χ3v) is 6.19. The summed E-state index contributed by atoms with van der Waals surface area (Å²) in [4.78, 5) is 24.2. The molecule has 5 nitrogen and oxygen atoms in total. The molecule has 2 aromatic heterocycles. The van der Waals surface area contributed by atoms with Crippen LogP contribution in [0.2, 0.25) is 0 Å². The number of halogens is 1. The second-order valence-corrected chi connectivity index (χ2v) is 8.68. The Bertz CT molecular complexity index is 1250. The van der Waals surface area contributed by atoms with Gasteiger partial charge in [0.15, 0.2) is 0 Å². The normalized spacial score (nSPS) is 15.9. The van der Waals surface area contributed by atoms with Crippen molar-refractivity contribution >= 4 is 5.91 Å². The van der Waals surface area contributed by atoms with Crippen molar-refractivity contribution < 1.29 is 13.6 Å². The van der Waals surface area contributed by atoms with E-state index in [9.17, 15) is 9.18 Å². The summed E-state index contributed by atoms with van der Waals surface area (Å²) < 4.78 is 19.5. The van der Waals surface area contributed by atoms with Crippen LogP contribution in [-0.4, -0.2) is 27.3 Å². The lowest BCUT2D eigenvalue weighted by Crippen LogP contribution is -2.38. The molecule has 0 unspecified atom stereocenters. The van der Waals surface area contributed by atoms with Gasteiger partial charge in [0, 0.05) is 31.3 Å². The predicted octanol–water partition coefficient (Wildman–Crippen LogP) is 5.76. The molecule has 0 aliphatic carbocycles. The molecule has 1 amide bonds. The van der Waals surface area contributed by atoms with E-state index in [2.05, 4.69) is 22.1 Å². The zero-order chi connectivity index (χ0) is 23.3. The number of nitrogens with zero attached hydrogens (tertiary/aromatic N) is 3. The molecule has 0 N–H and O–H groups in total. The summed E-state index contributed by atoms with van der Waals surface area (Å²) in [6.07, 6.45) is 7.36.